The molecule has 0 radical (unpaired) electrons. The number of nitrogens with two attached hydrogens (primary N) is 1. The highest BCUT2D eigenvalue weighted by Crippen LogP contribution is 2.31. The van der Waals surface area contributed by atoms with Crippen LogP contribution in [-0.4, -0.2) is 18.0 Å². The molecular weight excluding hydrogens is 260 g/mol. The maximum Gasteiger partial charge on any atom is 0.220 e. The Morgan fingerprint density at radius 1 is 1.38 bits per heavy atom. The van der Waals surface area contributed by atoms with Crippen LogP contribution in [0.2, 0.25) is 0 Å². The Morgan fingerprint density at radius 2 is 2.10 bits per heavy atom. The molecule has 2 unspecified atom stereocenters. The van der Waals surface area contributed by atoms with E-state index in [2.05, 4.69) is 43.4 Å². The number of nitrogens with one attached hydrogen (secondary N) is 1. The second-order valence-corrected chi connectivity index (χ2v) is 6.72. The lowest BCUT2D eigenvalue weighted by atomic mass is 9.76. The van der Waals surface area contributed by atoms with Gasteiger partial charge in [-0.15, -0.1) is 0 Å². The average molecular weight is 288 g/mol. The highest BCUT2D eigenvalue weighted by Gasteiger charge is 2.34. The molecule has 3 heteroatoms. The van der Waals surface area contributed by atoms with Crippen LogP contribution in [0.4, 0.5) is 0 Å². The third-order valence-electron chi connectivity index (χ3n) is 4.65. The molecule has 0 saturated heterocycles. The van der Waals surface area contributed by atoms with Gasteiger partial charge in [-0.25, -0.2) is 0 Å². The number of hydrogen-bond donors (Lipinski definition) is 2. The SMILES string of the molecule is Cc1ccc(CCC(=O)NC2(CN)CCCC(C)C2)cc1. The Bertz CT molecular complexity index is 469. The molecule has 1 aliphatic rings. The maximum atomic E-state index is 12.3. The number of rotatable bonds is 5. The molecule has 2 rings (SSSR count). The summed E-state index contributed by atoms with van der Waals surface area (Å²) in [5.74, 6) is 0.787. The lowest BCUT2D eigenvalue weighted by molar-refractivity contribution is -0.123. The fourth-order valence-corrected chi connectivity index (χ4v) is 3.38. The Kier molecular flexibility index (Phi) is 5.40. The molecule has 21 heavy (non-hydrogen) atoms. The van der Waals surface area contributed by atoms with Crippen LogP contribution in [0, 0.1) is 12.8 Å². The smallest absolute Gasteiger partial charge is 0.220 e. The van der Waals surface area contributed by atoms with E-state index < -0.39 is 0 Å². The first-order valence-electron chi connectivity index (χ1n) is 8.10. The molecule has 1 amide bonds. The molecule has 0 aliphatic heterocycles. The Balaban J connectivity index is 1.86. The molecule has 1 aromatic carbocycles. The number of hydrogen-bond acceptors (Lipinski definition) is 2. The minimum Gasteiger partial charge on any atom is -0.349 e. The van der Waals surface area contributed by atoms with E-state index in [1.54, 1.807) is 0 Å². The highest BCUT2D eigenvalue weighted by atomic mass is 16.1. The van der Waals surface area contributed by atoms with E-state index in [0.29, 0.717) is 18.9 Å². The highest BCUT2D eigenvalue weighted by molar-refractivity contribution is 5.77. The summed E-state index contributed by atoms with van der Waals surface area (Å²) in [6.45, 7) is 4.88. The molecule has 2 atom stereocenters. The topological polar surface area (TPSA) is 55.1 Å². The van der Waals surface area contributed by atoms with Crippen molar-refractivity contribution in [3.8, 4) is 0 Å². The van der Waals surface area contributed by atoms with Gasteiger partial charge < -0.3 is 11.1 Å². The molecule has 1 fully saturated rings. The molecular formula is C18H28N2O. The summed E-state index contributed by atoms with van der Waals surface area (Å²) in [5, 5.41) is 3.23. The van der Waals surface area contributed by atoms with E-state index in [0.717, 1.165) is 25.7 Å². The van der Waals surface area contributed by atoms with Crippen molar-refractivity contribution < 1.29 is 4.79 Å². The van der Waals surface area contributed by atoms with Gasteiger partial charge in [-0.2, -0.15) is 0 Å². The number of carbonyl (C=O) groups is 1. The summed E-state index contributed by atoms with van der Waals surface area (Å²) in [4.78, 5) is 12.3. The number of carbonyl (C=O) groups excluding carboxylic acids is 1. The maximum absolute atomic E-state index is 12.3. The molecule has 3 N–H and O–H groups in total. The Morgan fingerprint density at radius 3 is 2.71 bits per heavy atom. The standard InChI is InChI=1S/C18H28N2O/c1-14-5-7-16(8-6-14)9-10-17(21)20-18(13-19)11-3-4-15(2)12-18/h5-8,15H,3-4,9-13,19H2,1-2H3,(H,20,21). The van der Waals surface area contributed by atoms with Gasteiger partial charge in [-0.1, -0.05) is 49.6 Å². The summed E-state index contributed by atoms with van der Waals surface area (Å²) >= 11 is 0. The van der Waals surface area contributed by atoms with Gasteiger partial charge in [-0.05, 0) is 37.7 Å². The fourth-order valence-electron chi connectivity index (χ4n) is 3.38. The van der Waals surface area contributed by atoms with Gasteiger partial charge in [0, 0.05) is 13.0 Å². The molecule has 0 heterocycles. The van der Waals surface area contributed by atoms with E-state index in [1.807, 2.05) is 0 Å². The second-order valence-electron chi connectivity index (χ2n) is 6.72. The largest absolute Gasteiger partial charge is 0.349 e. The molecule has 1 saturated carbocycles. The predicted molar refractivity (Wildman–Crippen MR) is 87.1 cm³/mol. The lowest BCUT2D eigenvalue weighted by Gasteiger charge is -2.40. The zero-order chi connectivity index (χ0) is 15.3. The van der Waals surface area contributed by atoms with Crippen molar-refractivity contribution in [2.75, 3.05) is 6.54 Å². The van der Waals surface area contributed by atoms with Crippen LogP contribution in [0.15, 0.2) is 24.3 Å². The van der Waals surface area contributed by atoms with Crippen LogP contribution in [-0.2, 0) is 11.2 Å². The fraction of sp³-hybridized carbons (Fsp3) is 0.611. The van der Waals surface area contributed by atoms with Crippen molar-refractivity contribution in [3.05, 3.63) is 35.4 Å². The summed E-state index contributed by atoms with van der Waals surface area (Å²) in [5.41, 5.74) is 8.26. The first-order chi connectivity index (χ1) is 10.0. The van der Waals surface area contributed by atoms with Crippen molar-refractivity contribution in [1.29, 1.82) is 0 Å². The Labute approximate surface area is 128 Å². The van der Waals surface area contributed by atoms with Crippen molar-refractivity contribution >= 4 is 5.91 Å². The van der Waals surface area contributed by atoms with Gasteiger partial charge in [0.05, 0.1) is 5.54 Å². The third kappa shape index (κ3) is 4.57. The van der Waals surface area contributed by atoms with E-state index in [-0.39, 0.29) is 11.4 Å². The molecule has 3 nitrogen and oxygen atoms in total. The monoisotopic (exact) mass is 288 g/mol. The van der Waals surface area contributed by atoms with Crippen LogP contribution in [0.1, 0.15) is 50.2 Å². The third-order valence-corrected chi connectivity index (χ3v) is 4.65. The second kappa shape index (κ2) is 7.08. The zero-order valence-electron chi connectivity index (χ0n) is 13.3. The van der Waals surface area contributed by atoms with Crippen molar-refractivity contribution in [3.63, 3.8) is 0 Å². The van der Waals surface area contributed by atoms with Gasteiger partial charge in [0.15, 0.2) is 0 Å². The quantitative estimate of drug-likeness (QED) is 0.875. The number of benzene rings is 1. The van der Waals surface area contributed by atoms with Crippen LogP contribution in [0.5, 0.6) is 0 Å². The minimum atomic E-state index is -0.165. The van der Waals surface area contributed by atoms with Crippen molar-refractivity contribution in [2.45, 2.75) is 57.9 Å². The molecule has 0 bridgehead atoms. The molecule has 1 aromatic rings. The molecule has 116 valence electrons. The molecule has 0 aromatic heterocycles. The zero-order valence-corrected chi connectivity index (χ0v) is 13.3. The van der Waals surface area contributed by atoms with Gasteiger partial charge in [0.25, 0.3) is 0 Å². The van der Waals surface area contributed by atoms with Gasteiger partial charge >= 0.3 is 0 Å². The van der Waals surface area contributed by atoms with Crippen molar-refractivity contribution in [1.82, 2.24) is 5.32 Å². The normalized spacial score (nSPS) is 25.6. The number of aryl methyl sites for hydroxylation is 2. The van der Waals surface area contributed by atoms with Gasteiger partial charge in [0.1, 0.15) is 0 Å². The summed E-state index contributed by atoms with van der Waals surface area (Å²) in [6.07, 6.45) is 5.78. The number of amides is 1. The van der Waals surface area contributed by atoms with Crippen LogP contribution >= 0.6 is 0 Å². The Hall–Kier alpha value is -1.35. The first-order valence-corrected chi connectivity index (χ1v) is 8.10. The van der Waals surface area contributed by atoms with Crippen LogP contribution < -0.4 is 11.1 Å². The first kappa shape index (κ1) is 16.0. The van der Waals surface area contributed by atoms with Crippen LogP contribution in [0.25, 0.3) is 0 Å². The molecule has 0 spiro atoms. The summed E-state index contributed by atoms with van der Waals surface area (Å²) in [6, 6.07) is 8.39. The molecule has 1 aliphatic carbocycles. The summed E-state index contributed by atoms with van der Waals surface area (Å²) < 4.78 is 0. The summed E-state index contributed by atoms with van der Waals surface area (Å²) in [7, 11) is 0. The van der Waals surface area contributed by atoms with E-state index in [9.17, 15) is 4.79 Å². The van der Waals surface area contributed by atoms with Gasteiger partial charge in [0.2, 0.25) is 5.91 Å². The van der Waals surface area contributed by atoms with E-state index >= 15 is 0 Å². The van der Waals surface area contributed by atoms with Crippen molar-refractivity contribution in [2.24, 2.45) is 11.7 Å². The van der Waals surface area contributed by atoms with Gasteiger partial charge in [-0.3, -0.25) is 4.79 Å². The minimum absolute atomic E-state index is 0.134. The van der Waals surface area contributed by atoms with E-state index in [4.69, 9.17) is 5.73 Å². The predicted octanol–water partition coefficient (Wildman–Crippen LogP) is 2.95. The lowest BCUT2D eigenvalue weighted by Crippen LogP contribution is -2.56. The van der Waals surface area contributed by atoms with E-state index in [1.165, 1.54) is 17.5 Å². The van der Waals surface area contributed by atoms with Crippen LogP contribution in [0.3, 0.4) is 0 Å². The average Bonchev–Trinajstić information content (AvgIpc) is 2.46.